The van der Waals surface area contributed by atoms with E-state index < -0.39 is 0 Å². The third-order valence-corrected chi connectivity index (χ3v) is 4.33. The van der Waals surface area contributed by atoms with E-state index in [2.05, 4.69) is 5.32 Å². The molecule has 1 saturated carbocycles. The number of nitrogens with one attached hydrogen (secondary N) is 1. The van der Waals surface area contributed by atoms with Crippen molar-refractivity contribution in [1.82, 2.24) is 5.32 Å². The molecule has 1 amide bonds. The predicted octanol–water partition coefficient (Wildman–Crippen LogP) is 2.65. The van der Waals surface area contributed by atoms with Crippen LogP contribution in [0.4, 0.5) is 0 Å². The van der Waals surface area contributed by atoms with Crippen LogP contribution in [-0.4, -0.2) is 29.8 Å². The number of halogens is 2. The van der Waals surface area contributed by atoms with Gasteiger partial charge in [-0.15, -0.1) is 0 Å². The van der Waals surface area contributed by atoms with Gasteiger partial charge >= 0.3 is 0 Å². The van der Waals surface area contributed by atoms with Crippen molar-refractivity contribution < 1.29 is 14.6 Å². The first kappa shape index (κ1) is 15.4. The molecule has 110 valence electrons. The fourth-order valence-corrected chi connectivity index (χ4v) is 2.58. The van der Waals surface area contributed by atoms with E-state index in [1.807, 2.05) is 13.8 Å². The monoisotopic (exact) mass is 317 g/mol. The van der Waals surface area contributed by atoms with Crippen molar-refractivity contribution in [2.45, 2.75) is 32.4 Å². The van der Waals surface area contributed by atoms with E-state index in [0.29, 0.717) is 22.2 Å². The van der Waals surface area contributed by atoms with Crippen LogP contribution in [0.5, 0.6) is 5.75 Å². The molecule has 2 N–H and O–H groups in total. The van der Waals surface area contributed by atoms with Crippen molar-refractivity contribution in [2.75, 3.05) is 6.61 Å². The molecular formula is C14H17Cl2NO3. The van der Waals surface area contributed by atoms with Crippen molar-refractivity contribution in [1.29, 1.82) is 0 Å². The van der Waals surface area contributed by atoms with Gasteiger partial charge in [0.25, 0.3) is 5.91 Å². The lowest BCUT2D eigenvalue weighted by Gasteiger charge is -2.49. The maximum atomic E-state index is 11.8. The Morgan fingerprint density at radius 1 is 1.50 bits per heavy atom. The van der Waals surface area contributed by atoms with Crippen LogP contribution in [0.3, 0.4) is 0 Å². The third kappa shape index (κ3) is 3.19. The molecule has 2 rings (SSSR count). The summed E-state index contributed by atoms with van der Waals surface area (Å²) in [6, 6.07) is 4.79. The summed E-state index contributed by atoms with van der Waals surface area (Å²) in [5.74, 6) is 0.181. The minimum absolute atomic E-state index is 0.0331. The first-order valence-electron chi connectivity index (χ1n) is 6.36. The molecule has 1 fully saturated rings. The number of rotatable bonds is 4. The summed E-state index contributed by atoms with van der Waals surface area (Å²) in [6.45, 7) is 3.72. The molecule has 2 unspecified atom stereocenters. The molecular weight excluding hydrogens is 301 g/mol. The predicted molar refractivity (Wildman–Crippen MR) is 78.3 cm³/mol. The molecule has 1 aliphatic carbocycles. The average molecular weight is 318 g/mol. The zero-order valence-corrected chi connectivity index (χ0v) is 12.8. The van der Waals surface area contributed by atoms with Crippen LogP contribution in [-0.2, 0) is 4.79 Å². The van der Waals surface area contributed by atoms with Gasteiger partial charge in [0.05, 0.1) is 11.1 Å². The summed E-state index contributed by atoms with van der Waals surface area (Å²) in [5, 5.41) is 13.3. The van der Waals surface area contributed by atoms with E-state index in [4.69, 9.17) is 27.9 Å². The SMILES string of the molecule is CC1(C)C(O)CC1NC(=O)COc1ccc(Cl)cc1Cl. The van der Waals surface area contributed by atoms with Crippen LogP contribution in [0.15, 0.2) is 18.2 Å². The van der Waals surface area contributed by atoms with Crippen molar-refractivity contribution in [3.05, 3.63) is 28.2 Å². The summed E-state index contributed by atoms with van der Waals surface area (Å²) >= 11 is 11.7. The molecule has 0 saturated heterocycles. The number of aliphatic hydroxyl groups excluding tert-OH is 1. The highest BCUT2D eigenvalue weighted by molar-refractivity contribution is 6.35. The quantitative estimate of drug-likeness (QED) is 0.897. The van der Waals surface area contributed by atoms with E-state index >= 15 is 0 Å². The molecule has 20 heavy (non-hydrogen) atoms. The molecule has 4 nitrogen and oxygen atoms in total. The Bertz CT molecular complexity index is 519. The minimum atomic E-state index is -0.376. The number of hydrogen-bond acceptors (Lipinski definition) is 3. The number of carbonyl (C=O) groups is 1. The minimum Gasteiger partial charge on any atom is -0.482 e. The molecule has 0 aliphatic heterocycles. The Hall–Kier alpha value is -0.970. The highest BCUT2D eigenvalue weighted by Gasteiger charge is 2.47. The van der Waals surface area contributed by atoms with E-state index in [1.165, 1.54) is 0 Å². The van der Waals surface area contributed by atoms with Gasteiger partial charge in [0.15, 0.2) is 6.61 Å². The summed E-state index contributed by atoms with van der Waals surface area (Å²) in [6.07, 6.45) is 0.194. The smallest absolute Gasteiger partial charge is 0.258 e. The van der Waals surface area contributed by atoms with Crippen LogP contribution in [0, 0.1) is 5.41 Å². The van der Waals surface area contributed by atoms with Gasteiger partial charge in [0.1, 0.15) is 5.75 Å². The fourth-order valence-electron chi connectivity index (χ4n) is 2.12. The standard InChI is InChI=1S/C14H17Cl2NO3/c1-14(2)11(6-12(14)18)17-13(19)7-20-10-4-3-8(15)5-9(10)16/h3-5,11-12,18H,6-7H2,1-2H3,(H,17,19). The Balaban J connectivity index is 1.84. The van der Waals surface area contributed by atoms with Gasteiger partial charge in [-0.2, -0.15) is 0 Å². The molecule has 0 aromatic heterocycles. The van der Waals surface area contributed by atoms with Crippen molar-refractivity contribution in [2.24, 2.45) is 5.41 Å². The molecule has 0 radical (unpaired) electrons. The Morgan fingerprint density at radius 2 is 2.20 bits per heavy atom. The number of benzene rings is 1. The van der Waals surface area contributed by atoms with Gasteiger partial charge in [-0.05, 0) is 24.6 Å². The fraction of sp³-hybridized carbons (Fsp3) is 0.500. The molecule has 0 heterocycles. The maximum absolute atomic E-state index is 11.8. The molecule has 1 aromatic rings. The molecule has 1 aliphatic rings. The number of carbonyl (C=O) groups excluding carboxylic acids is 1. The van der Waals surface area contributed by atoms with Gasteiger partial charge in [-0.1, -0.05) is 37.0 Å². The van der Waals surface area contributed by atoms with Gasteiger partial charge in [-0.3, -0.25) is 4.79 Å². The van der Waals surface area contributed by atoms with Crippen molar-refractivity contribution >= 4 is 29.1 Å². The Kier molecular flexibility index (Phi) is 4.47. The number of ether oxygens (including phenoxy) is 1. The Morgan fingerprint density at radius 3 is 2.75 bits per heavy atom. The van der Waals surface area contributed by atoms with Gasteiger partial charge in [0.2, 0.25) is 0 Å². The molecule has 6 heteroatoms. The van der Waals surface area contributed by atoms with Gasteiger partial charge in [0, 0.05) is 16.5 Å². The molecule has 0 bridgehead atoms. The molecule has 0 spiro atoms. The van der Waals surface area contributed by atoms with Crippen LogP contribution in [0.1, 0.15) is 20.3 Å². The number of hydrogen-bond donors (Lipinski definition) is 2. The maximum Gasteiger partial charge on any atom is 0.258 e. The van der Waals surface area contributed by atoms with Crippen LogP contribution >= 0.6 is 23.2 Å². The normalized spacial score (nSPS) is 23.9. The van der Waals surface area contributed by atoms with Crippen molar-refractivity contribution in [3.63, 3.8) is 0 Å². The lowest BCUT2D eigenvalue weighted by atomic mass is 9.64. The van der Waals surface area contributed by atoms with E-state index in [0.717, 1.165) is 0 Å². The average Bonchev–Trinajstić information content (AvgIpc) is 2.37. The highest BCUT2D eigenvalue weighted by Crippen LogP contribution is 2.40. The number of amides is 1. The third-order valence-electron chi connectivity index (χ3n) is 3.80. The second kappa shape index (κ2) is 5.80. The topological polar surface area (TPSA) is 58.6 Å². The van der Waals surface area contributed by atoms with Gasteiger partial charge < -0.3 is 15.2 Å². The summed E-state index contributed by atoms with van der Waals surface area (Å²) in [7, 11) is 0. The summed E-state index contributed by atoms with van der Waals surface area (Å²) < 4.78 is 5.35. The summed E-state index contributed by atoms with van der Waals surface area (Å²) in [5.41, 5.74) is -0.298. The lowest BCUT2D eigenvalue weighted by Crippen LogP contribution is -2.61. The van der Waals surface area contributed by atoms with Crippen LogP contribution < -0.4 is 10.1 Å². The molecule has 2 atom stereocenters. The lowest BCUT2D eigenvalue weighted by molar-refractivity contribution is -0.131. The Labute approximate surface area is 128 Å². The highest BCUT2D eigenvalue weighted by atomic mass is 35.5. The molecule has 1 aromatic carbocycles. The first-order chi connectivity index (χ1) is 9.30. The second-order valence-corrected chi connectivity index (χ2v) is 6.40. The summed E-state index contributed by atoms with van der Waals surface area (Å²) in [4.78, 5) is 11.8. The first-order valence-corrected chi connectivity index (χ1v) is 7.11. The largest absolute Gasteiger partial charge is 0.482 e. The van der Waals surface area contributed by atoms with E-state index in [-0.39, 0.29) is 30.1 Å². The van der Waals surface area contributed by atoms with E-state index in [1.54, 1.807) is 18.2 Å². The zero-order chi connectivity index (χ0) is 14.9. The second-order valence-electron chi connectivity index (χ2n) is 5.56. The number of aliphatic hydroxyl groups is 1. The van der Waals surface area contributed by atoms with Crippen LogP contribution in [0.25, 0.3) is 0 Å². The van der Waals surface area contributed by atoms with Crippen molar-refractivity contribution in [3.8, 4) is 5.75 Å². The zero-order valence-electron chi connectivity index (χ0n) is 11.3. The van der Waals surface area contributed by atoms with Crippen LogP contribution in [0.2, 0.25) is 10.0 Å². The van der Waals surface area contributed by atoms with Gasteiger partial charge in [-0.25, -0.2) is 0 Å². The van der Waals surface area contributed by atoms with E-state index in [9.17, 15) is 9.90 Å².